The molecule has 0 spiro atoms. The molecule has 0 aliphatic rings. The summed E-state index contributed by atoms with van der Waals surface area (Å²) in [6.07, 6.45) is 0. The van der Waals surface area contributed by atoms with Crippen molar-refractivity contribution in [3.8, 4) is 17.2 Å². The van der Waals surface area contributed by atoms with Crippen molar-refractivity contribution < 1.29 is 13.9 Å². The van der Waals surface area contributed by atoms with E-state index in [4.69, 9.17) is 9.15 Å². The van der Waals surface area contributed by atoms with Crippen LogP contribution in [0, 0.1) is 0 Å². The zero-order chi connectivity index (χ0) is 14.7. The highest BCUT2D eigenvalue weighted by molar-refractivity contribution is 7.08. The summed E-state index contributed by atoms with van der Waals surface area (Å²) in [5.41, 5.74) is 1.31. The number of aromatic nitrogens is 2. The van der Waals surface area contributed by atoms with Crippen LogP contribution in [0.5, 0.6) is 5.75 Å². The number of ether oxygens (including phenoxy) is 1. The second-order valence-electron chi connectivity index (χ2n) is 4.11. The van der Waals surface area contributed by atoms with Crippen LogP contribution < -0.4 is 10.1 Å². The van der Waals surface area contributed by atoms with E-state index in [1.54, 1.807) is 31.4 Å². The van der Waals surface area contributed by atoms with Gasteiger partial charge in [0.15, 0.2) is 0 Å². The Hall–Kier alpha value is -2.67. The van der Waals surface area contributed by atoms with Gasteiger partial charge in [-0.25, -0.2) is 0 Å². The van der Waals surface area contributed by atoms with E-state index in [2.05, 4.69) is 15.5 Å². The van der Waals surface area contributed by atoms with Crippen molar-refractivity contribution in [1.29, 1.82) is 0 Å². The largest absolute Gasteiger partial charge is 0.497 e. The number of hydrogen-bond donors (Lipinski definition) is 1. The summed E-state index contributed by atoms with van der Waals surface area (Å²) in [4.78, 5) is 12.0. The van der Waals surface area contributed by atoms with E-state index in [0.29, 0.717) is 17.2 Å². The van der Waals surface area contributed by atoms with Crippen molar-refractivity contribution in [1.82, 2.24) is 10.2 Å². The van der Waals surface area contributed by atoms with Gasteiger partial charge >= 0.3 is 6.01 Å². The first-order valence-electron chi connectivity index (χ1n) is 6.08. The minimum absolute atomic E-state index is 0.0667. The average molecular weight is 301 g/mol. The lowest BCUT2D eigenvalue weighted by Gasteiger charge is -2.02. The molecular formula is C14H11N3O3S. The number of benzene rings is 1. The van der Waals surface area contributed by atoms with Crippen LogP contribution in [-0.2, 0) is 0 Å². The Balaban J connectivity index is 1.72. The molecule has 1 aromatic carbocycles. The lowest BCUT2D eigenvalue weighted by molar-refractivity contribution is 0.102. The van der Waals surface area contributed by atoms with E-state index >= 15 is 0 Å². The number of amides is 1. The molecule has 0 saturated carbocycles. The summed E-state index contributed by atoms with van der Waals surface area (Å²) in [5.74, 6) is 0.739. The van der Waals surface area contributed by atoms with Crippen molar-refractivity contribution in [3.63, 3.8) is 0 Å². The Labute approximate surface area is 124 Å². The predicted molar refractivity (Wildman–Crippen MR) is 78.6 cm³/mol. The van der Waals surface area contributed by atoms with E-state index in [9.17, 15) is 4.79 Å². The molecule has 0 atom stereocenters. The Morgan fingerprint density at radius 1 is 1.24 bits per heavy atom. The zero-order valence-electron chi connectivity index (χ0n) is 11.1. The average Bonchev–Trinajstić information content (AvgIpc) is 3.18. The zero-order valence-corrected chi connectivity index (χ0v) is 11.9. The van der Waals surface area contributed by atoms with Gasteiger partial charge in [0.2, 0.25) is 0 Å². The Bertz CT molecular complexity index is 735. The molecule has 1 amide bonds. The molecule has 0 saturated heterocycles. The maximum atomic E-state index is 12.0. The van der Waals surface area contributed by atoms with Gasteiger partial charge in [-0.05, 0) is 35.7 Å². The number of nitrogens with one attached hydrogen (secondary N) is 1. The van der Waals surface area contributed by atoms with E-state index in [1.807, 2.05) is 16.8 Å². The van der Waals surface area contributed by atoms with Gasteiger partial charge in [-0.1, -0.05) is 5.10 Å². The molecule has 6 nitrogen and oxygen atoms in total. The van der Waals surface area contributed by atoms with Crippen LogP contribution in [-0.4, -0.2) is 23.2 Å². The maximum Gasteiger partial charge on any atom is 0.322 e. The van der Waals surface area contributed by atoms with Gasteiger partial charge in [0.1, 0.15) is 5.75 Å². The summed E-state index contributed by atoms with van der Waals surface area (Å²) in [6, 6.07) is 8.66. The van der Waals surface area contributed by atoms with Crippen molar-refractivity contribution in [2.75, 3.05) is 12.4 Å². The molecule has 2 heterocycles. The quantitative estimate of drug-likeness (QED) is 0.801. The van der Waals surface area contributed by atoms with Crippen molar-refractivity contribution in [2.24, 2.45) is 0 Å². The molecule has 1 N–H and O–H groups in total. The van der Waals surface area contributed by atoms with Crippen LogP contribution in [0.4, 0.5) is 6.01 Å². The topological polar surface area (TPSA) is 77.2 Å². The molecule has 0 unspecified atom stereocenters. The minimum Gasteiger partial charge on any atom is -0.497 e. The summed E-state index contributed by atoms with van der Waals surface area (Å²) in [6.45, 7) is 0. The van der Waals surface area contributed by atoms with Gasteiger partial charge < -0.3 is 9.15 Å². The van der Waals surface area contributed by atoms with Gasteiger partial charge in [0.05, 0.1) is 7.11 Å². The third kappa shape index (κ3) is 2.92. The number of methoxy groups -OCH3 is 1. The third-order valence-corrected chi connectivity index (χ3v) is 3.45. The van der Waals surface area contributed by atoms with Crippen LogP contribution in [0.15, 0.2) is 45.5 Å². The van der Waals surface area contributed by atoms with Gasteiger partial charge in [0.25, 0.3) is 11.8 Å². The predicted octanol–water partition coefficient (Wildman–Crippen LogP) is 3.06. The van der Waals surface area contributed by atoms with E-state index in [0.717, 1.165) is 5.56 Å². The monoisotopic (exact) mass is 301 g/mol. The number of rotatable bonds is 4. The van der Waals surface area contributed by atoms with E-state index in [-0.39, 0.29) is 11.9 Å². The molecule has 0 aliphatic carbocycles. The van der Waals surface area contributed by atoms with Crippen LogP contribution in [0.25, 0.3) is 11.5 Å². The first kappa shape index (κ1) is 13.3. The third-order valence-electron chi connectivity index (χ3n) is 2.77. The molecule has 7 heteroatoms. The van der Waals surface area contributed by atoms with Crippen LogP contribution in [0.2, 0.25) is 0 Å². The smallest absolute Gasteiger partial charge is 0.322 e. The molecule has 0 radical (unpaired) electrons. The number of carbonyl (C=O) groups is 1. The van der Waals surface area contributed by atoms with Gasteiger partial charge in [-0.2, -0.15) is 11.3 Å². The standard InChI is InChI=1S/C14H11N3O3S/c1-19-11-4-2-9(3-5-11)12(18)15-14-17-16-13(20-14)10-6-7-21-8-10/h2-8H,1H3,(H,15,17,18). The summed E-state index contributed by atoms with van der Waals surface area (Å²) < 4.78 is 10.4. The van der Waals surface area contributed by atoms with E-state index in [1.165, 1.54) is 11.3 Å². The number of thiophene rings is 1. The fourth-order valence-electron chi connectivity index (χ4n) is 1.69. The molecule has 106 valence electrons. The highest BCUT2D eigenvalue weighted by Gasteiger charge is 2.13. The second-order valence-corrected chi connectivity index (χ2v) is 4.89. The number of carbonyl (C=O) groups excluding carboxylic acids is 1. The van der Waals surface area contributed by atoms with Crippen molar-refractivity contribution in [3.05, 3.63) is 46.7 Å². The molecule has 2 aromatic heterocycles. The normalized spacial score (nSPS) is 10.3. The molecule has 3 rings (SSSR count). The highest BCUT2D eigenvalue weighted by Crippen LogP contribution is 2.22. The molecular weight excluding hydrogens is 290 g/mol. The molecule has 0 aliphatic heterocycles. The fourth-order valence-corrected chi connectivity index (χ4v) is 2.32. The molecule has 0 fully saturated rings. The lowest BCUT2D eigenvalue weighted by atomic mass is 10.2. The van der Waals surface area contributed by atoms with Gasteiger partial charge in [-0.3, -0.25) is 10.1 Å². The van der Waals surface area contributed by atoms with E-state index < -0.39 is 0 Å². The Kier molecular flexibility index (Phi) is 3.65. The Morgan fingerprint density at radius 2 is 2.05 bits per heavy atom. The Morgan fingerprint density at radius 3 is 2.71 bits per heavy atom. The number of hydrogen-bond acceptors (Lipinski definition) is 6. The molecule has 21 heavy (non-hydrogen) atoms. The molecule has 0 bridgehead atoms. The van der Waals surface area contributed by atoms with Gasteiger partial charge in [0, 0.05) is 16.5 Å². The minimum atomic E-state index is -0.321. The van der Waals surface area contributed by atoms with Crippen molar-refractivity contribution in [2.45, 2.75) is 0 Å². The van der Waals surface area contributed by atoms with Crippen LogP contribution >= 0.6 is 11.3 Å². The molecule has 3 aromatic rings. The van der Waals surface area contributed by atoms with Crippen LogP contribution in [0.1, 0.15) is 10.4 Å². The maximum absolute atomic E-state index is 12.0. The summed E-state index contributed by atoms with van der Waals surface area (Å²) >= 11 is 1.53. The van der Waals surface area contributed by atoms with Gasteiger partial charge in [-0.15, -0.1) is 5.10 Å². The van der Waals surface area contributed by atoms with Crippen molar-refractivity contribution >= 4 is 23.3 Å². The first-order valence-corrected chi connectivity index (χ1v) is 7.02. The SMILES string of the molecule is COc1ccc(C(=O)Nc2nnc(-c3ccsc3)o2)cc1. The van der Waals surface area contributed by atoms with Crippen LogP contribution in [0.3, 0.4) is 0 Å². The number of nitrogens with zero attached hydrogens (tertiary/aromatic N) is 2. The fraction of sp³-hybridized carbons (Fsp3) is 0.0714. The summed E-state index contributed by atoms with van der Waals surface area (Å²) in [7, 11) is 1.57. The lowest BCUT2D eigenvalue weighted by Crippen LogP contribution is -2.11. The summed E-state index contributed by atoms with van der Waals surface area (Å²) in [5, 5.41) is 14.1. The number of anilines is 1. The second kappa shape index (κ2) is 5.76. The first-order chi connectivity index (χ1) is 10.3. The highest BCUT2D eigenvalue weighted by atomic mass is 32.1.